The number of hydrogen-bond donors (Lipinski definition) is 4. The third-order valence-electron chi connectivity index (χ3n) is 7.04. The molecule has 6 rings (SSSR count). The van der Waals surface area contributed by atoms with Gasteiger partial charge in [-0.1, -0.05) is 54.6 Å². The number of benzene rings is 3. The maximum absolute atomic E-state index is 11.6. The first-order valence-corrected chi connectivity index (χ1v) is 13.9. The molecule has 1 amide bonds. The number of H-pyrrole nitrogens is 3. The first-order chi connectivity index (χ1) is 20.2. The van der Waals surface area contributed by atoms with Crippen molar-refractivity contribution < 1.29 is 14.7 Å². The van der Waals surface area contributed by atoms with E-state index < -0.39 is 5.97 Å². The number of likely N-dealkylation sites (N-methyl/N-ethyl adjacent to an activating group) is 2. The monoisotopic (exact) mass is 565 g/mol. The lowest BCUT2D eigenvalue weighted by Gasteiger charge is -2.08. The molecule has 0 saturated carbocycles. The lowest BCUT2D eigenvalue weighted by Crippen LogP contribution is -2.23. The molecule has 0 unspecified atom stereocenters. The van der Waals surface area contributed by atoms with Crippen LogP contribution in [0.4, 0.5) is 0 Å². The van der Waals surface area contributed by atoms with Crippen LogP contribution in [0.1, 0.15) is 16.7 Å². The Balaban J connectivity index is 0.000000145. The molecule has 8 heteroatoms. The van der Waals surface area contributed by atoms with Crippen LogP contribution in [-0.4, -0.2) is 76.5 Å². The predicted octanol–water partition coefficient (Wildman–Crippen LogP) is 5.87. The summed E-state index contributed by atoms with van der Waals surface area (Å²) in [5.74, 6) is -0.676. The average molecular weight is 566 g/mol. The molecule has 0 bridgehead atoms. The second-order valence-electron chi connectivity index (χ2n) is 10.7. The molecule has 3 aromatic heterocycles. The molecule has 0 atom stereocenters. The summed E-state index contributed by atoms with van der Waals surface area (Å²) in [6.07, 6.45) is 7.41. The van der Waals surface area contributed by atoms with E-state index >= 15 is 0 Å². The Morgan fingerprint density at radius 3 is 1.45 bits per heavy atom. The number of aromatic amines is 3. The summed E-state index contributed by atoms with van der Waals surface area (Å²) in [7, 11) is 7.76. The molecule has 0 fully saturated rings. The van der Waals surface area contributed by atoms with Crippen molar-refractivity contribution in [2.75, 3.05) is 34.7 Å². The van der Waals surface area contributed by atoms with Gasteiger partial charge < -0.3 is 29.9 Å². The molecule has 0 spiro atoms. The molecule has 0 saturated heterocycles. The van der Waals surface area contributed by atoms with E-state index in [9.17, 15) is 9.59 Å². The van der Waals surface area contributed by atoms with Gasteiger partial charge in [-0.3, -0.25) is 9.59 Å². The largest absolute Gasteiger partial charge is 0.481 e. The van der Waals surface area contributed by atoms with Gasteiger partial charge in [0.1, 0.15) is 0 Å². The molecule has 0 aliphatic heterocycles. The van der Waals surface area contributed by atoms with E-state index in [0.717, 1.165) is 45.9 Å². The number of amides is 1. The zero-order valence-corrected chi connectivity index (χ0v) is 24.6. The standard InChI is InChI=1S/C12H14N2O.C12H16N2.C10H9NO2/c1-14(2)12(15)7-9-8-13-11-6-4-3-5-10(9)11;1-14(2)8-7-10-9-13-12-6-4-3-5-11(10)12;12-10(13)5-7-6-11-9-4-2-1-3-8(7)9/h3-6,8,13H,7H2,1-2H3;3-6,9,13H,7-8H2,1-2H3;1-4,6,11H,5H2,(H,12,13). The van der Waals surface area contributed by atoms with E-state index in [0.29, 0.717) is 6.42 Å². The van der Waals surface area contributed by atoms with E-state index in [1.807, 2.05) is 54.7 Å². The summed E-state index contributed by atoms with van der Waals surface area (Å²) in [4.78, 5) is 35.4. The van der Waals surface area contributed by atoms with Gasteiger partial charge in [0, 0.05) is 71.9 Å². The summed E-state index contributed by atoms with van der Waals surface area (Å²) < 4.78 is 0. The van der Waals surface area contributed by atoms with E-state index in [-0.39, 0.29) is 12.3 Å². The molecule has 0 aliphatic rings. The molecule has 218 valence electrons. The Morgan fingerprint density at radius 1 is 0.619 bits per heavy atom. The molecule has 42 heavy (non-hydrogen) atoms. The Hall–Kier alpha value is -4.82. The van der Waals surface area contributed by atoms with E-state index in [2.05, 4.69) is 64.4 Å². The summed E-state index contributed by atoms with van der Waals surface area (Å²) in [5.41, 5.74) is 6.61. The van der Waals surface area contributed by atoms with Gasteiger partial charge in [-0.05, 0) is 55.4 Å². The number of carboxylic acid groups (broad SMARTS) is 1. The summed E-state index contributed by atoms with van der Waals surface area (Å²) in [6.45, 7) is 1.10. The molecule has 3 aromatic carbocycles. The van der Waals surface area contributed by atoms with Crippen LogP contribution in [0.5, 0.6) is 0 Å². The first-order valence-electron chi connectivity index (χ1n) is 13.9. The number of rotatable bonds is 7. The third kappa shape index (κ3) is 7.89. The zero-order valence-electron chi connectivity index (χ0n) is 24.6. The van der Waals surface area contributed by atoms with E-state index in [1.165, 1.54) is 16.5 Å². The highest BCUT2D eigenvalue weighted by molar-refractivity contribution is 5.89. The van der Waals surface area contributed by atoms with Gasteiger partial charge in [-0.2, -0.15) is 0 Å². The van der Waals surface area contributed by atoms with Crippen molar-refractivity contribution in [3.63, 3.8) is 0 Å². The average Bonchev–Trinajstić information content (AvgIpc) is 3.70. The van der Waals surface area contributed by atoms with Crippen LogP contribution in [-0.2, 0) is 28.9 Å². The SMILES string of the molecule is CN(C)C(=O)Cc1c[nH]c2ccccc12.CN(C)CCc1c[nH]c2ccccc12.O=C(O)Cc1c[nH]c2ccccc12. The number of carbonyl (C=O) groups is 2. The van der Waals surface area contributed by atoms with Crippen molar-refractivity contribution in [1.29, 1.82) is 0 Å². The first kappa shape index (κ1) is 30.1. The number of nitrogens with one attached hydrogen (secondary N) is 3. The fraction of sp³-hybridized carbons (Fsp3) is 0.235. The highest BCUT2D eigenvalue weighted by atomic mass is 16.4. The van der Waals surface area contributed by atoms with Gasteiger partial charge in [-0.15, -0.1) is 0 Å². The summed E-state index contributed by atoms with van der Waals surface area (Å²) >= 11 is 0. The van der Waals surface area contributed by atoms with E-state index in [4.69, 9.17) is 5.11 Å². The predicted molar refractivity (Wildman–Crippen MR) is 171 cm³/mol. The Morgan fingerprint density at radius 2 is 1.02 bits per heavy atom. The Bertz CT molecular complexity index is 1760. The smallest absolute Gasteiger partial charge is 0.307 e. The number of aromatic nitrogens is 3. The molecule has 3 heterocycles. The number of para-hydroxylation sites is 3. The van der Waals surface area contributed by atoms with Crippen LogP contribution in [0.25, 0.3) is 32.7 Å². The number of nitrogens with zero attached hydrogens (tertiary/aromatic N) is 2. The summed E-state index contributed by atoms with van der Waals surface area (Å²) in [6, 6.07) is 24.1. The fourth-order valence-corrected chi connectivity index (χ4v) is 4.72. The van der Waals surface area contributed by atoms with Crippen LogP contribution >= 0.6 is 0 Å². The minimum Gasteiger partial charge on any atom is -0.481 e. The van der Waals surface area contributed by atoms with Gasteiger partial charge in [0.2, 0.25) is 5.91 Å². The highest BCUT2D eigenvalue weighted by Crippen LogP contribution is 2.20. The maximum Gasteiger partial charge on any atom is 0.307 e. The van der Waals surface area contributed by atoms with E-state index in [1.54, 1.807) is 25.2 Å². The van der Waals surface area contributed by atoms with Crippen molar-refractivity contribution in [1.82, 2.24) is 24.8 Å². The van der Waals surface area contributed by atoms with Crippen molar-refractivity contribution in [3.8, 4) is 0 Å². The van der Waals surface area contributed by atoms with Gasteiger partial charge >= 0.3 is 5.97 Å². The van der Waals surface area contributed by atoms with Crippen LogP contribution in [0, 0.1) is 0 Å². The second-order valence-corrected chi connectivity index (χ2v) is 10.7. The molecular weight excluding hydrogens is 526 g/mol. The van der Waals surface area contributed by atoms with Crippen molar-refractivity contribution >= 4 is 44.6 Å². The lowest BCUT2D eigenvalue weighted by atomic mass is 10.1. The van der Waals surface area contributed by atoms with Gasteiger partial charge in [0.15, 0.2) is 0 Å². The number of hydrogen-bond acceptors (Lipinski definition) is 3. The minimum atomic E-state index is -0.801. The van der Waals surface area contributed by atoms with Crippen LogP contribution in [0.2, 0.25) is 0 Å². The minimum absolute atomic E-state index is 0.0734. The lowest BCUT2D eigenvalue weighted by molar-refractivity contribution is -0.136. The third-order valence-corrected chi connectivity index (χ3v) is 7.04. The van der Waals surface area contributed by atoms with Crippen molar-refractivity contribution in [2.24, 2.45) is 0 Å². The van der Waals surface area contributed by atoms with Crippen molar-refractivity contribution in [3.05, 3.63) is 108 Å². The Labute approximate surface area is 246 Å². The number of carboxylic acids is 1. The van der Waals surface area contributed by atoms with Crippen molar-refractivity contribution in [2.45, 2.75) is 19.3 Å². The normalized spacial score (nSPS) is 10.8. The zero-order chi connectivity index (χ0) is 30.1. The molecule has 0 radical (unpaired) electrons. The maximum atomic E-state index is 11.6. The van der Waals surface area contributed by atoms with Gasteiger partial charge in [0.05, 0.1) is 12.8 Å². The van der Waals surface area contributed by atoms with Gasteiger partial charge in [-0.25, -0.2) is 0 Å². The molecule has 0 aliphatic carbocycles. The molecule has 6 aromatic rings. The van der Waals surface area contributed by atoms with Gasteiger partial charge in [0.25, 0.3) is 0 Å². The molecular formula is C34H39N5O3. The van der Waals surface area contributed by atoms with Crippen LogP contribution < -0.4 is 0 Å². The fourth-order valence-electron chi connectivity index (χ4n) is 4.72. The number of aliphatic carboxylic acids is 1. The quantitative estimate of drug-likeness (QED) is 0.194. The Kier molecular flexibility index (Phi) is 10.2. The highest BCUT2D eigenvalue weighted by Gasteiger charge is 2.09. The van der Waals surface area contributed by atoms with Crippen LogP contribution in [0.15, 0.2) is 91.4 Å². The number of fused-ring (bicyclic) bond motifs is 3. The summed E-state index contributed by atoms with van der Waals surface area (Å²) in [5, 5.41) is 12.1. The second kappa shape index (κ2) is 14.2. The van der Waals surface area contributed by atoms with Crippen LogP contribution in [0.3, 0.4) is 0 Å². The topological polar surface area (TPSA) is 108 Å². The number of carbonyl (C=O) groups excluding carboxylic acids is 1. The molecule has 8 nitrogen and oxygen atoms in total. The molecule has 4 N–H and O–H groups in total.